The molecule has 84 valence electrons. The van der Waals surface area contributed by atoms with E-state index in [-0.39, 0.29) is 0 Å². The summed E-state index contributed by atoms with van der Waals surface area (Å²) in [5.41, 5.74) is 1.19. The lowest BCUT2D eigenvalue weighted by atomic mass is 9.68. The van der Waals surface area contributed by atoms with Crippen molar-refractivity contribution < 1.29 is 0 Å². The molecule has 1 aliphatic carbocycles. The Balaban J connectivity index is 2.36. The molecule has 0 aromatic rings. The normalized spacial score (nSPS) is 34.5. The maximum absolute atomic E-state index is 2.50. The molecule has 0 amide bonds. The van der Waals surface area contributed by atoms with Crippen molar-refractivity contribution in [1.29, 1.82) is 0 Å². The first-order chi connectivity index (χ1) is 6.31. The summed E-state index contributed by atoms with van der Waals surface area (Å²) in [5, 5.41) is 0. The first-order valence-electron chi connectivity index (χ1n) is 6.31. The SMILES string of the molecule is CC1CCC(C)(CCC(C)(C)C)CC1. The Morgan fingerprint density at radius 2 is 1.64 bits per heavy atom. The van der Waals surface area contributed by atoms with Gasteiger partial charge in [-0.25, -0.2) is 0 Å². The Bertz CT molecular complexity index is 165. The highest BCUT2D eigenvalue weighted by molar-refractivity contribution is 4.82. The molecule has 0 aliphatic heterocycles. The summed E-state index contributed by atoms with van der Waals surface area (Å²) in [7, 11) is 0. The van der Waals surface area contributed by atoms with Gasteiger partial charge in [-0.15, -0.1) is 0 Å². The van der Waals surface area contributed by atoms with Gasteiger partial charge in [-0.05, 0) is 42.4 Å². The summed E-state index contributed by atoms with van der Waals surface area (Å²) in [6, 6.07) is 0. The molecule has 1 aliphatic rings. The summed E-state index contributed by atoms with van der Waals surface area (Å²) in [6.07, 6.45) is 8.66. The third-order valence-corrected chi connectivity index (χ3v) is 3.96. The molecule has 0 saturated heterocycles. The van der Waals surface area contributed by atoms with Crippen LogP contribution in [0.15, 0.2) is 0 Å². The van der Waals surface area contributed by atoms with Crippen molar-refractivity contribution in [3.05, 3.63) is 0 Å². The fraction of sp³-hybridized carbons (Fsp3) is 1.00. The lowest BCUT2D eigenvalue weighted by molar-refractivity contribution is 0.142. The van der Waals surface area contributed by atoms with Crippen LogP contribution in [0, 0.1) is 16.7 Å². The van der Waals surface area contributed by atoms with Crippen LogP contribution in [0.4, 0.5) is 0 Å². The number of hydrogen-bond acceptors (Lipinski definition) is 0. The van der Waals surface area contributed by atoms with Gasteiger partial charge in [0.05, 0.1) is 0 Å². The number of hydrogen-bond donors (Lipinski definition) is 0. The Morgan fingerprint density at radius 1 is 1.14 bits per heavy atom. The van der Waals surface area contributed by atoms with Crippen molar-refractivity contribution in [2.24, 2.45) is 16.7 Å². The number of rotatable bonds is 2. The van der Waals surface area contributed by atoms with Gasteiger partial charge < -0.3 is 0 Å². The van der Waals surface area contributed by atoms with Crippen LogP contribution in [0.5, 0.6) is 0 Å². The van der Waals surface area contributed by atoms with Crippen LogP contribution in [-0.4, -0.2) is 0 Å². The second-order valence-electron chi connectivity index (χ2n) is 7.05. The average Bonchev–Trinajstić information content (AvgIpc) is 2.07. The summed E-state index contributed by atoms with van der Waals surface area (Å²) in [6.45, 7) is 12.0. The van der Waals surface area contributed by atoms with Crippen LogP contribution in [0.3, 0.4) is 0 Å². The minimum atomic E-state index is 0.520. The van der Waals surface area contributed by atoms with Gasteiger partial charge in [-0.2, -0.15) is 0 Å². The van der Waals surface area contributed by atoms with E-state index in [9.17, 15) is 0 Å². The average molecular weight is 196 g/mol. The lowest BCUT2D eigenvalue weighted by Crippen LogP contribution is -2.25. The maximum Gasteiger partial charge on any atom is -0.0325 e. The highest BCUT2D eigenvalue weighted by Gasteiger charge is 2.30. The zero-order valence-electron chi connectivity index (χ0n) is 10.8. The van der Waals surface area contributed by atoms with Gasteiger partial charge >= 0.3 is 0 Å². The summed E-state index contributed by atoms with van der Waals surface area (Å²) >= 11 is 0. The molecular formula is C14H28. The van der Waals surface area contributed by atoms with Crippen molar-refractivity contribution in [2.45, 2.75) is 73.1 Å². The Labute approximate surface area is 90.5 Å². The maximum atomic E-state index is 2.50. The van der Waals surface area contributed by atoms with E-state index in [1.807, 2.05) is 0 Å². The van der Waals surface area contributed by atoms with E-state index in [4.69, 9.17) is 0 Å². The van der Waals surface area contributed by atoms with Crippen LogP contribution in [0.2, 0.25) is 0 Å². The van der Waals surface area contributed by atoms with E-state index in [1.165, 1.54) is 38.5 Å². The fourth-order valence-corrected chi connectivity index (χ4v) is 2.39. The molecule has 0 aromatic heterocycles. The molecular weight excluding hydrogens is 168 g/mol. The van der Waals surface area contributed by atoms with Gasteiger partial charge in [0, 0.05) is 0 Å². The summed E-state index contributed by atoms with van der Waals surface area (Å²) in [4.78, 5) is 0. The molecule has 0 bridgehead atoms. The molecule has 1 fully saturated rings. The molecule has 0 atom stereocenters. The molecule has 0 nitrogen and oxygen atoms in total. The highest BCUT2D eigenvalue weighted by Crippen LogP contribution is 2.43. The van der Waals surface area contributed by atoms with Gasteiger partial charge in [-0.3, -0.25) is 0 Å². The molecule has 0 aromatic carbocycles. The molecule has 1 rings (SSSR count). The second kappa shape index (κ2) is 4.24. The standard InChI is InChI=1S/C14H28/c1-12-6-8-14(5,9-7-12)11-10-13(2,3)4/h12H,6-11H2,1-5H3. The Morgan fingerprint density at radius 3 is 2.07 bits per heavy atom. The molecule has 0 heteroatoms. The van der Waals surface area contributed by atoms with Crippen LogP contribution in [0.1, 0.15) is 73.1 Å². The van der Waals surface area contributed by atoms with Crippen LogP contribution >= 0.6 is 0 Å². The van der Waals surface area contributed by atoms with Gasteiger partial charge in [0.1, 0.15) is 0 Å². The van der Waals surface area contributed by atoms with E-state index in [0.717, 1.165) is 5.92 Å². The van der Waals surface area contributed by atoms with Gasteiger partial charge in [0.2, 0.25) is 0 Å². The third kappa shape index (κ3) is 4.02. The zero-order valence-corrected chi connectivity index (χ0v) is 10.8. The molecule has 0 spiro atoms. The van der Waals surface area contributed by atoms with Gasteiger partial charge in [0.25, 0.3) is 0 Å². The van der Waals surface area contributed by atoms with Crippen molar-refractivity contribution >= 4 is 0 Å². The van der Waals surface area contributed by atoms with Crippen molar-refractivity contribution in [3.8, 4) is 0 Å². The molecule has 14 heavy (non-hydrogen) atoms. The summed E-state index contributed by atoms with van der Waals surface area (Å²) in [5.74, 6) is 0.984. The van der Waals surface area contributed by atoms with E-state index < -0.39 is 0 Å². The van der Waals surface area contributed by atoms with E-state index in [0.29, 0.717) is 10.8 Å². The fourth-order valence-electron chi connectivity index (χ4n) is 2.39. The zero-order chi connectivity index (χ0) is 10.8. The first-order valence-corrected chi connectivity index (χ1v) is 6.31. The van der Waals surface area contributed by atoms with Gasteiger partial charge in [0.15, 0.2) is 0 Å². The smallest absolute Gasteiger partial charge is 0.0325 e. The predicted molar refractivity (Wildman–Crippen MR) is 64.4 cm³/mol. The van der Waals surface area contributed by atoms with Crippen molar-refractivity contribution in [2.75, 3.05) is 0 Å². The third-order valence-electron chi connectivity index (χ3n) is 3.96. The van der Waals surface area contributed by atoms with Crippen LogP contribution in [-0.2, 0) is 0 Å². The van der Waals surface area contributed by atoms with Crippen LogP contribution < -0.4 is 0 Å². The minimum absolute atomic E-state index is 0.520. The molecule has 0 N–H and O–H groups in total. The summed E-state index contributed by atoms with van der Waals surface area (Å²) < 4.78 is 0. The Kier molecular flexibility index (Phi) is 3.66. The molecule has 0 unspecified atom stereocenters. The quantitative estimate of drug-likeness (QED) is 0.581. The largest absolute Gasteiger partial charge is 0.0625 e. The topological polar surface area (TPSA) is 0 Å². The monoisotopic (exact) mass is 196 g/mol. The van der Waals surface area contributed by atoms with Crippen molar-refractivity contribution in [3.63, 3.8) is 0 Å². The molecule has 1 saturated carbocycles. The lowest BCUT2D eigenvalue weighted by Gasteiger charge is -2.38. The predicted octanol–water partition coefficient (Wildman–Crippen LogP) is 5.03. The van der Waals surface area contributed by atoms with E-state index in [1.54, 1.807) is 0 Å². The Hall–Kier alpha value is 0. The van der Waals surface area contributed by atoms with Crippen LogP contribution in [0.25, 0.3) is 0 Å². The minimum Gasteiger partial charge on any atom is -0.0625 e. The van der Waals surface area contributed by atoms with Crippen molar-refractivity contribution in [1.82, 2.24) is 0 Å². The van der Waals surface area contributed by atoms with E-state index in [2.05, 4.69) is 34.6 Å². The van der Waals surface area contributed by atoms with Gasteiger partial charge in [-0.1, -0.05) is 47.5 Å². The molecule has 0 heterocycles. The highest BCUT2D eigenvalue weighted by atomic mass is 14.4. The first kappa shape index (κ1) is 12.1. The molecule has 0 radical (unpaired) electrons. The second-order valence-corrected chi connectivity index (χ2v) is 7.05. The van der Waals surface area contributed by atoms with E-state index >= 15 is 0 Å².